The first-order valence-corrected chi connectivity index (χ1v) is 20.9. The number of hydrogen-bond acceptors (Lipinski definition) is 6. The number of nitrogens with zero attached hydrogens (tertiary/aromatic N) is 2. The third-order valence-corrected chi connectivity index (χ3v) is 13.3. The van der Waals surface area contributed by atoms with Crippen molar-refractivity contribution < 1.29 is 24.2 Å². The predicted molar refractivity (Wildman–Crippen MR) is 220 cm³/mol. The lowest BCUT2D eigenvalue weighted by atomic mass is 9.50. The molecular weight excluding hydrogens is 697 g/mol. The Morgan fingerprint density at radius 1 is 0.946 bits per heavy atom. The van der Waals surface area contributed by atoms with E-state index in [1.165, 1.54) is 23.6 Å². The predicted octanol–water partition coefficient (Wildman–Crippen LogP) is 9.16. The van der Waals surface area contributed by atoms with E-state index in [-0.39, 0.29) is 47.4 Å². The average Bonchev–Trinajstić information content (AvgIpc) is 3.56. The maximum atomic E-state index is 15.0. The topological polar surface area (TPSA) is 79.3 Å². The number of ether oxygens (including phenoxy) is 2. The van der Waals surface area contributed by atoms with Crippen LogP contribution in [-0.2, 0) is 27.8 Å². The van der Waals surface area contributed by atoms with Gasteiger partial charge in [0.1, 0.15) is 11.9 Å². The smallest absolute Gasteiger partial charge is 0.308 e. The van der Waals surface area contributed by atoms with E-state index in [1.807, 2.05) is 18.2 Å². The first-order chi connectivity index (χ1) is 27.4. The van der Waals surface area contributed by atoms with Crippen LogP contribution in [0.5, 0.6) is 17.2 Å². The largest absolute Gasteiger partial charge is 0.508 e. The summed E-state index contributed by atoms with van der Waals surface area (Å²) in [6.45, 7) is 7.64. The molecule has 0 unspecified atom stereocenters. The number of carbonyl (C=O) groups excluding carboxylic acids is 2. The Balaban J connectivity index is 1.12. The average molecular weight is 753 g/mol. The van der Waals surface area contributed by atoms with E-state index >= 15 is 0 Å². The third-order valence-electron chi connectivity index (χ3n) is 13.3. The Bertz CT molecular complexity index is 1960. The molecule has 1 amide bonds. The van der Waals surface area contributed by atoms with Crippen molar-refractivity contribution in [2.75, 3.05) is 19.6 Å². The molecule has 7 nitrogen and oxygen atoms in total. The summed E-state index contributed by atoms with van der Waals surface area (Å²) in [6.07, 6.45) is 11.8. The Hall–Kier alpha value is -4.88. The van der Waals surface area contributed by atoms with Crippen LogP contribution >= 0.6 is 0 Å². The van der Waals surface area contributed by atoms with Gasteiger partial charge < -0.3 is 19.5 Å². The molecule has 1 spiro atoms. The van der Waals surface area contributed by atoms with Crippen LogP contribution in [0.2, 0.25) is 0 Å². The first kappa shape index (κ1) is 38.0. The number of piperidine rings is 1. The zero-order valence-corrected chi connectivity index (χ0v) is 32.8. The number of aromatic hydroxyl groups is 1. The monoisotopic (exact) mass is 752 g/mol. The molecule has 4 aliphatic rings. The van der Waals surface area contributed by atoms with Gasteiger partial charge in [-0.15, -0.1) is 6.58 Å². The molecule has 2 aliphatic heterocycles. The van der Waals surface area contributed by atoms with Gasteiger partial charge in [0.05, 0.1) is 6.04 Å². The summed E-state index contributed by atoms with van der Waals surface area (Å²) in [7, 11) is 0. The second-order valence-electron chi connectivity index (χ2n) is 16.5. The summed E-state index contributed by atoms with van der Waals surface area (Å²) in [5, 5.41) is 11.6. The minimum atomic E-state index is -0.454. The summed E-state index contributed by atoms with van der Waals surface area (Å²) in [4.78, 5) is 32.1. The molecular formula is C49H56N2O5. The van der Waals surface area contributed by atoms with E-state index in [1.54, 1.807) is 6.07 Å². The number of phenolic OH excluding ortho intramolecular Hbond substituents is 1. The maximum absolute atomic E-state index is 15.0. The fourth-order valence-electron chi connectivity index (χ4n) is 10.9. The van der Waals surface area contributed by atoms with Crippen LogP contribution in [0.4, 0.5) is 0 Å². The van der Waals surface area contributed by atoms with Crippen molar-refractivity contribution >= 4 is 11.9 Å². The van der Waals surface area contributed by atoms with Crippen LogP contribution in [0.15, 0.2) is 110 Å². The lowest BCUT2D eigenvalue weighted by Crippen LogP contribution is -2.69. The molecule has 2 fully saturated rings. The number of likely N-dealkylation sites (tertiary alicyclic amines) is 1. The zero-order chi connectivity index (χ0) is 38.6. The first-order valence-electron chi connectivity index (χ1n) is 20.9. The van der Waals surface area contributed by atoms with Gasteiger partial charge >= 0.3 is 5.97 Å². The van der Waals surface area contributed by atoms with Crippen LogP contribution in [0.1, 0.15) is 98.4 Å². The number of rotatable bonds is 16. The van der Waals surface area contributed by atoms with Crippen LogP contribution in [0.25, 0.3) is 0 Å². The zero-order valence-electron chi connectivity index (χ0n) is 32.8. The molecule has 4 aromatic rings. The highest BCUT2D eigenvalue weighted by atomic mass is 16.6. The Labute approximate surface area is 332 Å². The van der Waals surface area contributed by atoms with E-state index in [9.17, 15) is 14.7 Å². The number of amides is 1. The van der Waals surface area contributed by atoms with Gasteiger partial charge in [-0.2, -0.15) is 0 Å². The number of benzene rings is 4. The molecule has 7 heteroatoms. The van der Waals surface area contributed by atoms with Crippen molar-refractivity contribution in [2.45, 2.75) is 107 Å². The van der Waals surface area contributed by atoms with Gasteiger partial charge in [-0.1, -0.05) is 116 Å². The summed E-state index contributed by atoms with van der Waals surface area (Å²) in [5.74, 6) is 0.970. The molecule has 1 saturated heterocycles. The van der Waals surface area contributed by atoms with E-state index in [0.717, 1.165) is 82.0 Å². The minimum absolute atomic E-state index is 0.0249. The Kier molecular flexibility index (Phi) is 11.3. The highest BCUT2D eigenvalue weighted by Gasteiger charge is 2.67. The molecule has 1 saturated carbocycles. The second-order valence-corrected chi connectivity index (χ2v) is 16.5. The molecule has 1 N–H and O–H groups in total. The van der Waals surface area contributed by atoms with Crippen LogP contribution < -0.4 is 9.47 Å². The van der Waals surface area contributed by atoms with Crippen LogP contribution in [0.3, 0.4) is 0 Å². The van der Waals surface area contributed by atoms with E-state index in [4.69, 9.17) is 9.47 Å². The summed E-state index contributed by atoms with van der Waals surface area (Å²) in [5.41, 5.74) is 5.22. The molecule has 2 heterocycles. The van der Waals surface area contributed by atoms with Crippen molar-refractivity contribution in [1.29, 1.82) is 0 Å². The van der Waals surface area contributed by atoms with Gasteiger partial charge in [-0.25, -0.2) is 0 Å². The van der Waals surface area contributed by atoms with E-state index in [0.29, 0.717) is 25.1 Å². The van der Waals surface area contributed by atoms with Crippen molar-refractivity contribution in [3.8, 4) is 17.2 Å². The van der Waals surface area contributed by atoms with Crippen LogP contribution in [-0.4, -0.2) is 64.6 Å². The fourth-order valence-corrected chi connectivity index (χ4v) is 10.9. The summed E-state index contributed by atoms with van der Waals surface area (Å²) < 4.78 is 12.9. The molecule has 0 radical (unpaired) electrons. The maximum Gasteiger partial charge on any atom is 0.308 e. The molecule has 292 valence electrons. The Morgan fingerprint density at radius 3 is 2.29 bits per heavy atom. The van der Waals surface area contributed by atoms with E-state index < -0.39 is 11.4 Å². The van der Waals surface area contributed by atoms with Crippen molar-refractivity contribution in [3.63, 3.8) is 0 Å². The molecule has 5 atom stereocenters. The third kappa shape index (κ3) is 7.27. The van der Waals surface area contributed by atoms with E-state index in [2.05, 4.69) is 95.2 Å². The Morgan fingerprint density at radius 2 is 1.61 bits per heavy atom. The van der Waals surface area contributed by atoms with Crippen molar-refractivity contribution in [2.24, 2.45) is 5.92 Å². The lowest BCUT2D eigenvalue weighted by molar-refractivity contribution is -0.143. The summed E-state index contributed by atoms with van der Waals surface area (Å²) in [6, 6.07) is 33.4. The van der Waals surface area contributed by atoms with Crippen molar-refractivity contribution in [3.05, 3.63) is 138 Å². The van der Waals surface area contributed by atoms with Gasteiger partial charge in [0.2, 0.25) is 5.91 Å². The van der Waals surface area contributed by atoms with Gasteiger partial charge in [-0.05, 0) is 74.1 Å². The highest BCUT2D eigenvalue weighted by Crippen LogP contribution is 2.66. The van der Waals surface area contributed by atoms with Crippen molar-refractivity contribution in [1.82, 2.24) is 9.80 Å². The number of unbranched alkanes of at least 4 members (excludes halogenated alkanes) is 4. The fraction of sp³-hybridized carbons (Fsp3) is 0.429. The summed E-state index contributed by atoms with van der Waals surface area (Å²) >= 11 is 0. The number of hydrogen-bond donors (Lipinski definition) is 1. The van der Waals surface area contributed by atoms with Crippen LogP contribution in [0, 0.1) is 5.92 Å². The van der Waals surface area contributed by atoms with Gasteiger partial charge in [0.15, 0.2) is 11.5 Å². The molecule has 2 aliphatic carbocycles. The minimum Gasteiger partial charge on any atom is -0.508 e. The number of phenols is 1. The standard InChI is InChI=1S/C49H56N2O5/c1-3-29-50-30-28-49-40-26-27-41(48(49)56-47-44(55-34(2)52)32-43(53)38(46(47)49)31-42(40)50)51(33-39(36-21-13-8-14-22-36)37-23-15-9-16-24-37)45(54)25-17-6-4-5-10-18-35-19-11-7-12-20-35/h3,7-9,11-16,19-24,32,39-42,48,53H,1,4-6,10,17-18,25-31,33H2,2H3/t40-,41+,42+,48-,49-/m0/s1. The SMILES string of the molecule is C=CCN1CC[C@]23c4c5c(O)cc(OC(C)=O)c4O[C@H]2[C@H](N(CC(c2ccccc2)c2ccccc2)C(=O)CCCCCCCc2ccccc2)CC[C@H]3[C@H]1C5. The van der Waals surface area contributed by atoms with Gasteiger partial charge in [0.25, 0.3) is 0 Å². The number of carbonyl (C=O) groups is 2. The number of aryl methyl sites for hydroxylation is 1. The number of esters is 1. The van der Waals surface area contributed by atoms with Gasteiger partial charge in [0, 0.05) is 61.0 Å². The molecule has 56 heavy (non-hydrogen) atoms. The highest BCUT2D eigenvalue weighted by molar-refractivity contribution is 5.77. The molecule has 0 aromatic heterocycles. The molecule has 8 rings (SSSR count). The van der Waals surface area contributed by atoms with Gasteiger partial charge in [-0.3, -0.25) is 14.5 Å². The lowest BCUT2D eigenvalue weighted by Gasteiger charge is -2.60. The quantitative estimate of drug-likeness (QED) is 0.0533. The molecule has 4 aromatic carbocycles. The normalized spacial score (nSPS) is 23.2. The molecule has 2 bridgehead atoms. The second kappa shape index (κ2) is 16.7.